The fourth-order valence-electron chi connectivity index (χ4n) is 2.89. The maximum Gasteiger partial charge on any atom is 0.336 e. The van der Waals surface area contributed by atoms with Crippen molar-refractivity contribution in [2.75, 3.05) is 12.1 Å². The van der Waals surface area contributed by atoms with Gasteiger partial charge in [-0.15, -0.1) is 5.10 Å². The van der Waals surface area contributed by atoms with E-state index in [1.807, 2.05) is 63.2 Å². The summed E-state index contributed by atoms with van der Waals surface area (Å²) in [5, 5.41) is 7.36. The summed E-state index contributed by atoms with van der Waals surface area (Å²) < 4.78 is 18.3. The van der Waals surface area contributed by atoms with Crippen LogP contribution >= 0.6 is 0 Å². The number of nitrogens with one attached hydrogen (secondary N) is 1. The van der Waals surface area contributed by atoms with Crippen molar-refractivity contribution in [3.63, 3.8) is 0 Å². The van der Waals surface area contributed by atoms with Gasteiger partial charge in [-0.05, 0) is 56.3 Å². The van der Waals surface area contributed by atoms with Crippen molar-refractivity contribution in [1.29, 1.82) is 0 Å². The van der Waals surface area contributed by atoms with Gasteiger partial charge in [-0.1, -0.05) is 6.92 Å². The number of fused-ring (bicyclic) bond motifs is 1. The Morgan fingerprint density at radius 3 is 2.66 bits per heavy atom. The molecule has 4 rings (SSSR count). The van der Waals surface area contributed by atoms with E-state index in [4.69, 9.17) is 14.2 Å². The fourth-order valence-corrected chi connectivity index (χ4v) is 2.89. The smallest absolute Gasteiger partial charge is 0.336 e. The molecule has 1 aromatic heterocycles. The fraction of sp³-hybridized carbons (Fsp3) is 0.286. The molecule has 3 aromatic rings. The molecule has 0 fully saturated rings. The number of carbonyl (C=O) groups is 1. The van der Waals surface area contributed by atoms with Crippen LogP contribution in [-0.2, 0) is 4.79 Å². The molecular weight excluding hydrogens is 372 g/mol. The zero-order valence-corrected chi connectivity index (χ0v) is 16.5. The van der Waals surface area contributed by atoms with Crippen LogP contribution in [0.25, 0.3) is 17.1 Å². The standard InChI is InChI=1S/C21H22N4O4/c1-4-19(26)22-15-6-8-16(9-7-15)25-20(23-21(24-25)29-13(2)3)14-5-10-17-18(11-14)28-12-27-17/h5-11,13H,4,12H2,1-3H3,(H,22,26). The normalized spacial score (nSPS) is 12.3. The topological polar surface area (TPSA) is 87.5 Å². The lowest BCUT2D eigenvalue weighted by atomic mass is 10.2. The lowest BCUT2D eigenvalue weighted by Gasteiger charge is -2.08. The van der Waals surface area contributed by atoms with Crippen LogP contribution in [-0.4, -0.2) is 33.6 Å². The van der Waals surface area contributed by atoms with Gasteiger partial charge in [-0.2, -0.15) is 4.98 Å². The van der Waals surface area contributed by atoms with E-state index in [0.717, 1.165) is 16.9 Å². The van der Waals surface area contributed by atoms with Gasteiger partial charge in [0.1, 0.15) is 0 Å². The van der Waals surface area contributed by atoms with E-state index in [1.54, 1.807) is 4.68 Å². The number of carbonyl (C=O) groups excluding carboxylic acids is 1. The molecule has 1 aliphatic rings. The summed E-state index contributed by atoms with van der Waals surface area (Å²) in [6.07, 6.45) is 0.372. The van der Waals surface area contributed by atoms with E-state index in [0.29, 0.717) is 23.7 Å². The number of hydrogen-bond donors (Lipinski definition) is 1. The first-order chi connectivity index (χ1) is 14.0. The van der Waals surface area contributed by atoms with Crippen LogP contribution < -0.4 is 19.5 Å². The molecule has 8 nitrogen and oxygen atoms in total. The summed E-state index contributed by atoms with van der Waals surface area (Å²) in [5.41, 5.74) is 2.34. The van der Waals surface area contributed by atoms with E-state index in [-0.39, 0.29) is 24.8 Å². The van der Waals surface area contributed by atoms with Crippen LogP contribution in [0.4, 0.5) is 5.69 Å². The van der Waals surface area contributed by atoms with Crippen molar-refractivity contribution in [3.05, 3.63) is 42.5 Å². The van der Waals surface area contributed by atoms with Gasteiger partial charge in [-0.25, -0.2) is 4.68 Å². The molecule has 0 unspecified atom stereocenters. The monoisotopic (exact) mass is 394 g/mol. The zero-order chi connectivity index (χ0) is 20.4. The summed E-state index contributed by atoms with van der Waals surface area (Å²) >= 11 is 0. The molecular formula is C21H22N4O4. The zero-order valence-electron chi connectivity index (χ0n) is 16.5. The summed E-state index contributed by atoms with van der Waals surface area (Å²) in [5.74, 6) is 1.95. The van der Waals surface area contributed by atoms with Crippen molar-refractivity contribution < 1.29 is 19.0 Å². The van der Waals surface area contributed by atoms with Crippen molar-refractivity contribution in [1.82, 2.24) is 14.8 Å². The average molecular weight is 394 g/mol. The third-order valence-electron chi connectivity index (χ3n) is 4.28. The highest BCUT2D eigenvalue weighted by Crippen LogP contribution is 2.36. The summed E-state index contributed by atoms with van der Waals surface area (Å²) in [6.45, 7) is 5.86. The van der Waals surface area contributed by atoms with Crippen LogP contribution in [0.2, 0.25) is 0 Å². The first-order valence-electron chi connectivity index (χ1n) is 9.47. The van der Waals surface area contributed by atoms with Gasteiger partial charge in [0.2, 0.25) is 12.7 Å². The second-order valence-electron chi connectivity index (χ2n) is 6.81. The van der Waals surface area contributed by atoms with Crippen molar-refractivity contribution in [2.45, 2.75) is 33.3 Å². The van der Waals surface area contributed by atoms with Gasteiger partial charge < -0.3 is 19.5 Å². The highest BCUT2D eigenvalue weighted by molar-refractivity contribution is 5.90. The minimum absolute atomic E-state index is 0.0350. The quantitative estimate of drug-likeness (QED) is 0.684. The largest absolute Gasteiger partial charge is 0.460 e. The van der Waals surface area contributed by atoms with E-state index in [9.17, 15) is 4.79 Å². The van der Waals surface area contributed by atoms with Gasteiger partial charge in [-0.3, -0.25) is 4.79 Å². The molecule has 0 saturated carbocycles. The Labute approximate surface area is 168 Å². The molecule has 0 atom stereocenters. The van der Waals surface area contributed by atoms with E-state index < -0.39 is 0 Å². The number of ether oxygens (including phenoxy) is 3. The summed E-state index contributed by atoms with van der Waals surface area (Å²) in [7, 11) is 0. The van der Waals surface area contributed by atoms with Gasteiger partial charge in [0, 0.05) is 17.7 Å². The predicted octanol–water partition coefficient (Wildman–Crippen LogP) is 3.80. The molecule has 1 amide bonds. The minimum atomic E-state index is -0.0536. The molecule has 29 heavy (non-hydrogen) atoms. The Balaban J connectivity index is 1.72. The molecule has 1 aliphatic heterocycles. The Kier molecular flexibility index (Phi) is 5.07. The van der Waals surface area contributed by atoms with Crippen LogP contribution in [0, 0.1) is 0 Å². The van der Waals surface area contributed by atoms with Crippen LogP contribution in [0.15, 0.2) is 42.5 Å². The summed E-state index contributed by atoms with van der Waals surface area (Å²) in [4.78, 5) is 16.2. The third kappa shape index (κ3) is 4.01. The molecule has 0 aliphatic carbocycles. The molecule has 0 spiro atoms. The van der Waals surface area contributed by atoms with Crippen molar-refractivity contribution in [2.24, 2.45) is 0 Å². The van der Waals surface area contributed by atoms with Crippen LogP contribution in [0.3, 0.4) is 0 Å². The van der Waals surface area contributed by atoms with E-state index in [2.05, 4.69) is 15.4 Å². The first kappa shape index (κ1) is 18.8. The second kappa shape index (κ2) is 7.83. The lowest BCUT2D eigenvalue weighted by molar-refractivity contribution is -0.115. The maximum atomic E-state index is 11.6. The van der Waals surface area contributed by atoms with Gasteiger partial charge in [0.05, 0.1) is 11.8 Å². The molecule has 2 heterocycles. The molecule has 0 radical (unpaired) electrons. The number of rotatable bonds is 6. The molecule has 0 bridgehead atoms. The van der Waals surface area contributed by atoms with Crippen molar-refractivity contribution >= 4 is 11.6 Å². The number of amides is 1. The van der Waals surface area contributed by atoms with Gasteiger partial charge in [0.15, 0.2) is 17.3 Å². The Morgan fingerprint density at radius 2 is 1.93 bits per heavy atom. The average Bonchev–Trinajstić information content (AvgIpc) is 3.34. The minimum Gasteiger partial charge on any atom is -0.460 e. The number of benzene rings is 2. The summed E-state index contributed by atoms with van der Waals surface area (Å²) in [6, 6.07) is 13.3. The van der Waals surface area contributed by atoms with Gasteiger partial charge in [0.25, 0.3) is 0 Å². The third-order valence-corrected chi connectivity index (χ3v) is 4.28. The molecule has 0 saturated heterocycles. The van der Waals surface area contributed by atoms with Crippen LogP contribution in [0.1, 0.15) is 27.2 Å². The van der Waals surface area contributed by atoms with E-state index >= 15 is 0 Å². The van der Waals surface area contributed by atoms with Crippen LogP contribution in [0.5, 0.6) is 17.5 Å². The molecule has 150 valence electrons. The molecule has 1 N–H and O–H groups in total. The number of hydrogen-bond acceptors (Lipinski definition) is 6. The first-order valence-corrected chi connectivity index (χ1v) is 9.47. The van der Waals surface area contributed by atoms with Crippen molar-refractivity contribution in [3.8, 4) is 34.6 Å². The Hall–Kier alpha value is -3.55. The SMILES string of the molecule is CCC(=O)Nc1ccc(-n2nc(OC(C)C)nc2-c2ccc3c(c2)OCO3)cc1. The Bertz CT molecular complexity index is 1030. The Morgan fingerprint density at radius 1 is 1.17 bits per heavy atom. The highest BCUT2D eigenvalue weighted by atomic mass is 16.7. The number of aromatic nitrogens is 3. The molecule has 8 heteroatoms. The second-order valence-corrected chi connectivity index (χ2v) is 6.81. The van der Waals surface area contributed by atoms with E-state index in [1.165, 1.54) is 0 Å². The number of anilines is 1. The molecule has 2 aromatic carbocycles. The highest BCUT2D eigenvalue weighted by Gasteiger charge is 2.19. The number of nitrogens with zero attached hydrogens (tertiary/aromatic N) is 3. The maximum absolute atomic E-state index is 11.6. The van der Waals surface area contributed by atoms with Gasteiger partial charge >= 0.3 is 6.01 Å². The lowest BCUT2D eigenvalue weighted by Crippen LogP contribution is -2.09. The predicted molar refractivity (Wildman–Crippen MR) is 108 cm³/mol.